The first-order valence-corrected chi connectivity index (χ1v) is 44.8. The van der Waals surface area contributed by atoms with Crippen LogP contribution in [0.5, 0.6) is 0 Å². The molecule has 19 heteroatoms. The molecule has 594 valence electrons. The SMILES string of the molecule is CCCCCCCCCCCCCCCCCCCCCCCCC(=O)O[C@H](COC(=O)CCCCCCCCCCCCCCCCCCC(C)C)COP(=O)(O)OC[C@@H](O)COP(=O)(O)OC[C@@H](COC(=O)CCCCCCCCC(C)C)OC(=O)CCCCCCCCCC(C)C. The van der Waals surface area contributed by atoms with E-state index in [9.17, 15) is 43.2 Å². The van der Waals surface area contributed by atoms with Crippen LogP contribution in [-0.2, 0) is 65.4 Å². The van der Waals surface area contributed by atoms with Crippen molar-refractivity contribution < 1.29 is 80.2 Å². The maximum absolute atomic E-state index is 13.1. The van der Waals surface area contributed by atoms with Gasteiger partial charge in [0.2, 0.25) is 0 Å². The standard InChI is InChI=1S/C81H158O17P2/c1-8-9-10-11-12-13-14-15-16-17-18-19-20-21-22-27-30-33-36-41-50-57-64-80(85)97-76(68-91-78(83)62-55-48-40-35-32-29-26-24-23-25-28-31-34-38-45-52-59-72(2)3)70-95-99(87,88)93-66-75(82)67-94-100(89,90)96-71-77(69-92-79(84)63-56-49-44-43-47-54-61-74(6)7)98-81(86)65-58-51-42-37-39-46-53-60-73(4)5/h72-77,82H,8-71H2,1-7H3,(H,87,88)(H,89,90)/t75-,76-,77-/m1/s1. The van der Waals surface area contributed by atoms with Crippen LogP contribution < -0.4 is 0 Å². The van der Waals surface area contributed by atoms with Crippen molar-refractivity contribution in [2.45, 2.75) is 439 Å². The molecule has 0 aromatic rings. The summed E-state index contributed by atoms with van der Waals surface area (Å²) < 4.78 is 68.6. The monoisotopic (exact) mass is 1470 g/mol. The molecule has 0 bridgehead atoms. The number of phosphoric ester groups is 2. The van der Waals surface area contributed by atoms with E-state index in [1.54, 1.807) is 0 Å². The molecular formula is C81H158O17P2. The predicted molar refractivity (Wildman–Crippen MR) is 409 cm³/mol. The summed E-state index contributed by atoms with van der Waals surface area (Å²) in [5.74, 6) is 0.0691. The summed E-state index contributed by atoms with van der Waals surface area (Å²) in [6, 6.07) is 0. The lowest BCUT2D eigenvalue weighted by Gasteiger charge is -2.21. The summed E-state index contributed by atoms with van der Waals surface area (Å²) in [7, 11) is -9.92. The van der Waals surface area contributed by atoms with Crippen LogP contribution in [0.4, 0.5) is 0 Å². The number of hydrogen-bond donors (Lipinski definition) is 3. The lowest BCUT2D eigenvalue weighted by Crippen LogP contribution is -2.30. The van der Waals surface area contributed by atoms with E-state index < -0.39 is 97.5 Å². The number of carbonyl (C=O) groups excluding carboxylic acids is 4. The van der Waals surface area contributed by atoms with Gasteiger partial charge in [0.05, 0.1) is 26.4 Å². The second-order valence-electron chi connectivity index (χ2n) is 30.6. The molecule has 2 unspecified atom stereocenters. The molecule has 0 saturated heterocycles. The van der Waals surface area contributed by atoms with Crippen LogP contribution in [0.25, 0.3) is 0 Å². The maximum Gasteiger partial charge on any atom is 0.472 e. The minimum atomic E-state index is -4.96. The molecule has 0 aliphatic heterocycles. The third-order valence-corrected chi connectivity index (χ3v) is 20.8. The Kier molecular flexibility index (Phi) is 69.9. The number of carbonyl (C=O) groups is 4. The van der Waals surface area contributed by atoms with Crippen molar-refractivity contribution in [2.24, 2.45) is 17.8 Å². The molecule has 100 heavy (non-hydrogen) atoms. The number of unbranched alkanes of at least 4 members (excludes halogenated alkanes) is 47. The minimum absolute atomic E-state index is 0.102. The van der Waals surface area contributed by atoms with E-state index in [1.807, 2.05) is 0 Å². The number of phosphoric acid groups is 2. The molecule has 5 atom stereocenters. The zero-order valence-electron chi connectivity index (χ0n) is 65.7. The normalized spacial score (nSPS) is 14.0. The minimum Gasteiger partial charge on any atom is -0.462 e. The molecule has 0 spiro atoms. The number of ether oxygens (including phenoxy) is 4. The van der Waals surface area contributed by atoms with Gasteiger partial charge >= 0.3 is 39.5 Å². The summed E-state index contributed by atoms with van der Waals surface area (Å²) in [5.41, 5.74) is 0. The van der Waals surface area contributed by atoms with Gasteiger partial charge in [-0.15, -0.1) is 0 Å². The van der Waals surface area contributed by atoms with Crippen molar-refractivity contribution in [1.82, 2.24) is 0 Å². The van der Waals surface area contributed by atoms with Gasteiger partial charge in [0.15, 0.2) is 12.2 Å². The summed E-state index contributed by atoms with van der Waals surface area (Å²) >= 11 is 0. The highest BCUT2D eigenvalue weighted by Gasteiger charge is 2.30. The highest BCUT2D eigenvalue weighted by atomic mass is 31.2. The molecule has 17 nitrogen and oxygen atoms in total. The average Bonchev–Trinajstić information content (AvgIpc) is 1.08. The average molecular weight is 1470 g/mol. The Morgan fingerprint density at radius 1 is 0.270 bits per heavy atom. The van der Waals surface area contributed by atoms with Gasteiger partial charge in [-0.2, -0.15) is 0 Å². The Morgan fingerprint density at radius 2 is 0.460 bits per heavy atom. The lowest BCUT2D eigenvalue weighted by molar-refractivity contribution is -0.161. The van der Waals surface area contributed by atoms with E-state index >= 15 is 0 Å². The first kappa shape index (κ1) is 98.1. The van der Waals surface area contributed by atoms with Gasteiger partial charge in [-0.05, 0) is 43.4 Å². The quantitative estimate of drug-likeness (QED) is 0.0222. The second-order valence-corrected chi connectivity index (χ2v) is 33.5. The fourth-order valence-corrected chi connectivity index (χ4v) is 14.1. The summed E-state index contributed by atoms with van der Waals surface area (Å²) in [6.07, 6.45) is 60.2. The Balaban J connectivity index is 5.17. The molecule has 0 radical (unpaired) electrons. The van der Waals surface area contributed by atoms with E-state index in [0.29, 0.717) is 37.5 Å². The van der Waals surface area contributed by atoms with Crippen molar-refractivity contribution >= 4 is 39.5 Å². The maximum atomic E-state index is 13.1. The highest BCUT2D eigenvalue weighted by Crippen LogP contribution is 2.45. The number of aliphatic hydroxyl groups excluding tert-OH is 1. The molecule has 0 aromatic heterocycles. The van der Waals surface area contributed by atoms with Gasteiger partial charge in [-0.3, -0.25) is 37.3 Å². The first-order chi connectivity index (χ1) is 48.2. The van der Waals surface area contributed by atoms with Crippen LogP contribution in [-0.4, -0.2) is 96.7 Å². The molecule has 0 aromatic carbocycles. The van der Waals surface area contributed by atoms with Crippen molar-refractivity contribution in [3.8, 4) is 0 Å². The van der Waals surface area contributed by atoms with E-state index in [2.05, 4.69) is 48.5 Å². The molecule has 0 fully saturated rings. The van der Waals surface area contributed by atoms with Crippen molar-refractivity contribution in [3.63, 3.8) is 0 Å². The fourth-order valence-electron chi connectivity index (χ4n) is 12.5. The third kappa shape index (κ3) is 74.3. The van der Waals surface area contributed by atoms with Gasteiger partial charge < -0.3 is 33.8 Å². The Labute approximate surface area is 613 Å². The van der Waals surface area contributed by atoms with E-state index in [4.69, 9.17) is 37.0 Å². The number of esters is 4. The van der Waals surface area contributed by atoms with Crippen LogP contribution in [0.3, 0.4) is 0 Å². The molecule has 0 amide bonds. The summed E-state index contributed by atoms with van der Waals surface area (Å²) in [6.45, 7) is 11.8. The van der Waals surface area contributed by atoms with Crippen LogP contribution in [0.15, 0.2) is 0 Å². The fraction of sp³-hybridized carbons (Fsp3) is 0.951. The first-order valence-electron chi connectivity index (χ1n) is 41.8. The molecule has 3 N–H and O–H groups in total. The van der Waals surface area contributed by atoms with Gasteiger partial charge in [0, 0.05) is 25.7 Å². The summed E-state index contributed by atoms with van der Waals surface area (Å²) in [5, 5.41) is 10.6. The van der Waals surface area contributed by atoms with Crippen molar-refractivity contribution in [2.75, 3.05) is 39.6 Å². The van der Waals surface area contributed by atoms with Crippen LogP contribution >= 0.6 is 15.6 Å². The van der Waals surface area contributed by atoms with Gasteiger partial charge in [-0.25, -0.2) is 9.13 Å². The molecule has 0 aliphatic rings. The molecule has 0 heterocycles. The lowest BCUT2D eigenvalue weighted by atomic mass is 10.0. The van der Waals surface area contributed by atoms with Gasteiger partial charge in [0.25, 0.3) is 0 Å². The topological polar surface area (TPSA) is 237 Å². The number of hydrogen-bond acceptors (Lipinski definition) is 15. The zero-order valence-corrected chi connectivity index (χ0v) is 67.5. The predicted octanol–water partition coefficient (Wildman–Crippen LogP) is 24.1. The van der Waals surface area contributed by atoms with E-state index in [-0.39, 0.29) is 25.7 Å². The van der Waals surface area contributed by atoms with E-state index in [0.717, 1.165) is 102 Å². The van der Waals surface area contributed by atoms with E-state index in [1.165, 1.54) is 225 Å². The van der Waals surface area contributed by atoms with Crippen LogP contribution in [0.2, 0.25) is 0 Å². The molecule has 0 saturated carbocycles. The number of aliphatic hydroxyl groups is 1. The molecule has 0 aliphatic carbocycles. The molecule has 0 rings (SSSR count). The molecular weight excluding hydrogens is 1310 g/mol. The summed E-state index contributed by atoms with van der Waals surface area (Å²) in [4.78, 5) is 72.9. The van der Waals surface area contributed by atoms with Crippen molar-refractivity contribution in [1.29, 1.82) is 0 Å². The van der Waals surface area contributed by atoms with Crippen LogP contribution in [0, 0.1) is 17.8 Å². The largest absolute Gasteiger partial charge is 0.472 e. The number of rotatable bonds is 79. The van der Waals surface area contributed by atoms with Gasteiger partial charge in [-0.1, -0.05) is 370 Å². The second kappa shape index (κ2) is 71.3. The Hall–Kier alpha value is -1.94. The Morgan fingerprint density at radius 3 is 0.680 bits per heavy atom. The third-order valence-electron chi connectivity index (χ3n) is 18.9. The van der Waals surface area contributed by atoms with Crippen molar-refractivity contribution in [3.05, 3.63) is 0 Å². The highest BCUT2D eigenvalue weighted by molar-refractivity contribution is 7.47. The van der Waals surface area contributed by atoms with Crippen LogP contribution in [0.1, 0.15) is 421 Å². The Bertz CT molecular complexity index is 1940. The van der Waals surface area contributed by atoms with Gasteiger partial charge in [0.1, 0.15) is 19.3 Å². The smallest absolute Gasteiger partial charge is 0.462 e. The zero-order chi connectivity index (χ0) is 73.7.